The maximum Gasteiger partial charge on any atom is 0.433 e. The van der Waals surface area contributed by atoms with Crippen molar-refractivity contribution < 1.29 is 18.0 Å². The third kappa shape index (κ3) is 3.16. The second kappa shape index (κ2) is 5.98. The second-order valence-electron chi connectivity index (χ2n) is 5.42. The molecule has 1 aromatic rings. The Balaban J connectivity index is 1.60. The van der Waals surface area contributed by atoms with Gasteiger partial charge < -0.3 is 9.80 Å². The molecule has 3 heterocycles. The number of rotatable bonds is 2. The number of amides is 1. The van der Waals surface area contributed by atoms with Crippen LogP contribution in [0.4, 0.5) is 19.0 Å². The van der Waals surface area contributed by atoms with Crippen LogP contribution < -0.4 is 4.90 Å². The smallest absolute Gasteiger partial charge is 0.355 e. The zero-order valence-electron chi connectivity index (χ0n) is 11.8. The summed E-state index contributed by atoms with van der Waals surface area (Å²) < 4.78 is 38.0. The molecular weight excluding hydrogens is 315 g/mol. The molecule has 0 bridgehead atoms. The van der Waals surface area contributed by atoms with Gasteiger partial charge in [0.1, 0.15) is 11.5 Å². The Morgan fingerprint density at radius 2 is 1.91 bits per heavy atom. The maximum atomic E-state index is 12.7. The number of hydrogen-bond donors (Lipinski definition) is 0. The Labute approximate surface area is 130 Å². The first-order chi connectivity index (χ1) is 10.4. The Hall–Kier alpha value is -1.44. The van der Waals surface area contributed by atoms with E-state index < -0.39 is 11.9 Å². The fourth-order valence-corrected chi connectivity index (χ4v) is 3.52. The number of carbonyl (C=O) groups excluding carboxylic acids is 1. The van der Waals surface area contributed by atoms with Gasteiger partial charge in [-0.2, -0.15) is 24.9 Å². The Kier molecular flexibility index (Phi) is 4.20. The molecule has 3 rings (SSSR count). The highest BCUT2D eigenvalue weighted by Gasteiger charge is 2.38. The summed E-state index contributed by atoms with van der Waals surface area (Å²) in [4.78, 5) is 19.5. The molecule has 22 heavy (non-hydrogen) atoms. The molecule has 0 N–H and O–H groups in total. The molecule has 0 atom stereocenters. The van der Waals surface area contributed by atoms with Crippen LogP contribution in [0.5, 0.6) is 0 Å². The van der Waals surface area contributed by atoms with Gasteiger partial charge in [0, 0.05) is 37.7 Å². The number of halogens is 3. The van der Waals surface area contributed by atoms with Crippen LogP contribution in [-0.4, -0.2) is 53.5 Å². The van der Waals surface area contributed by atoms with Gasteiger partial charge in [0.25, 0.3) is 0 Å². The molecule has 1 amide bonds. The largest absolute Gasteiger partial charge is 0.433 e. The predicted octanol–water partition coefficient (Wildman–Crippen LogP) is 2.11. The summed E-state index contributed by atoms with van der Waals surface area (Å²) in [5.74, 6) is 2.19. The summed E-state index contributed by atoms with van der Waals surface area (Å²) in [7, 11) is 0. The molecule has 2 saturated heterocycles. The average Bonchev–Trinajstić information content (AvgIpc) is 2.46. The normalized spacial score (nSPS) is 20.0. The van der Waals surface area contributed by atoms with Gasteiger partial charge in [-0.15, -0.1) is 0 Å². The number of aromatic nitrogens is 1. The molecule has 0 unspecified atom stereocenters. The lowest BCUT2D eigenvalue weighted by Gasteiger charge is -2.42. The van der Waals surface area contributed by atoms with Crippen LogP contribution in [0.1, 0.15) is 5.69 Å². The Morgan fingerprint density at radius 1 is 1.23 bits per heavy atom. The number of nitrogens with zero attached hydrogens (tertiary/aromatic N) is 3. The highest BCUT2D eigenvalue weighted by atomic mass is 32.2. The topological polar surface area (TPSA) is 36.4 Å². The van der Waals surface area contributed by atoms with E-state index in [0.717, 1.165) is 30.7 Å². The summed E-state index contributed by atoms with van der Waals surface area (Å²) in [5, 5.41) is 0. The van der Waals surface area contributed by atoms with E-state index in [0.29, 0.717) is 13.1 Å². The van der Waals surface area contributed by atoms with Crippen molar-refractivity contribution in [1.29, 1.82) is 0 Å². The molecule has 4 nitrogen and oxygen atoms in total. The van der Waals surface area contributed by atoms with E-state index in [1.807, 2.05) is 16.7 Å². The third-order valence-electron chi connectivity index (χ3n) is 3.90. The number of anilines is 1. The van der Waals surface area contributed by atoms with Gasteiger partial charge in [-0.1, -0.05) is 6.07 Å². The first-order valence-electron chi connectivity index (χ1n) is 7.11. The molecule has 1 aromatic heterocycles. The maximum absolute atomic E-state index is 12.7. The molecule has 8 heteroatoms. The van der Waals surface area contributed by atoms with E-state index in [1.165, 1.54) is 6.07 Å². The molecule has 2 aliphatic rings. The fraction of sp³-hybridized carbons (Fsp3) is 0.571. The van der Waals surface area contributed by atoms with Crippen LogP contribution in [-0.2, 0) is 11.0 Å². The highest BCUT2D eigenvalue weighted by Crippen LogP contribution is 2.31. The van der Waals surface area contributed by atoms with E-state index in [9.17, 15) is 18.0 Å². The van der Waals surface area contributed by atoms with Crippen LogP contribution in [0.15, 0.2) is 18.2 Å². The SMILES string of the molecule is O=C(C1CN(c2cccc(C(F)(F)F)n2)C1)N1CCSCC1. The van der Waals surface area contributed by atoms with Crippen molar-refractivity contribution in [2.75, 3.05) is 42.6 Å². The standard InChI is InChI=1S/C14H16F3N3OS/c15-14(16,17)11-2-1-3-12(18-11)20-8-10(9-20)13(21)19-4-6-22-7-5-19/h1-3,10H,4-9H2. The van der Waals surface area contributed by atoms with Gasteiger partial charge in [-0.05, 0) is 12.1 Å². The lowest BCUT2D eigenvalue weighted by atomic mass is 9.98. The number of pyridine rings is 1. The van der Waals surface area contributed by atoms with Crippen molar-refractivity contribution in [3.8, 4) is 0 Å². The molecule has 120 valence electrons. The molecule has 0 spiro atoms. The van der Waals surface area contributed by atoms with Gasteiger partial charge >= 0.3 is 6.18 Å². The van der Waals surface area contributed by atoms with E-state index in [-0.39, 0.29) is 17.6 Å². The molecule has 0 radical (unpaired) electrons. The van der Waals surface area contributed by atoms with Crippen LogP contribution in [0.25, 0.3) is 0 Å². The number of alkyl halides is 3. The van der Waals surface area contributed by atoms with E-state index in [2.05, 4.69) is 4.98 Å². The first-order valence-corrected chi connectivity index (χ1v) is 8.26. The van der Waals surface area contributed by atoms with Crippen molar-refractivity contribution >= 4 is 23.5 Å². The summed E-state index contributed by atoms with van der Waals surface area (Å²) in [6, 6.07) is 3.85. The molecule has 2 aliphatic heterocycles. The zero-order chi connectivity index (χ0) is 15.7. The Morgan fingerprint density at radius 3 is 2.55 bits per heavy atom. The molecule has 0 aliphatic carbocycles. The molecular formula is C14H16F3N3OS. The number of hydrogen-bond acceptors (Lipinski definition) is 4. The van der Waals surface area contributed by atoms with E-state index >= 15 is 0 Å². The van der Waals surface area contributed by atoms with Gasteiger partial charge in [0.05, 0.1) is 5.92 Å². The lowest BCUT2D eigenvalue weighted by Crippen LogP contribution is -2.56. The van der Waals surface area contributed by atoms with Crippen molar-refractivity contribution in [3.63, 3.8) is 0 Å². The number of thioether (sulfide) groups is 1. The van der Waals surface area contributed by atoms with Gasteiger partial charge in [0.15, 0.2) is 0 Å². The van der Waals surface area contributed by atoms with E-state index in [1.54, 1.807) is 11.0 Å². The van der Waals surface area contributed by atoms with Crippen molar-refractivity contribution in [3.05, 3.63) is 23.9 Å². The zero-order valence-corrected chi connectivity index (χ0v) is 12.7. The lowest BCUT2D eigenvalue weighted by molar-refractivity contribution is -0.141. The van der Waals surface area contributed by atoms with Crippen molar-refractivity contribution in [2.24, 2.45) is 5.92 Å². The quantitative estimate of drug-likeness (QED) is 0.832. The molecule has 0 aromatic carbocycles. The van der Waals surface area contributed by atoms with Gasteiger partial charge in [-0.3, -0.25) is 4.79 Å². The minimum Gasteiger partial charge on any atom is -0.355 e. The average molecular weight is 331 g/mol. The van der Waals surface area contributed by atoms with Crippen LogP contribution in [0.2, 0.25) is 0 Å². The van der Waals surface area contributed by atoms with Crippen molar-refractivity contribution in [1.82, 2.24) is 9.88 Å². The van der Waals surface area contributed by atoms with Crippen LogP contribution >= 0.6 is 11.8 Å². The summed E-state index contributed by atoms with van der Waals surface area (Å²) in [6.07, 6.45) is -4.44. The predicted molar refractivity (Wildman–Crippen MR) is 78.8 cm³/mol. The van der Waals surface area contributed by atoms with E-state index in [4.69, 9.17) is 0 Å². The summed E-state index contributed by atoms with van der Waals surface area (Å²) in [6.45, 7) is 2.41. The van der Waals surface area contributed by atoms with Crippen molar-refractivity contribution in [2.45, 2.75) is 6.18 Å². The third-order valence-corrected chi connectivity index (χ3v) is 4.84. The fourth-order valence-electron chi connectivity index (χ4n) is 2.62. The molecule has 0 saturated carbocycles. The van der Waals surface area contributed by atoms with Crippen LogP contribution in [0.3, 0.4) is 0 Å². The Bertz CT molecular complexity index is 555. The summed E-state index contributed by atoms with van der Waals surface area (Å²) >= 11 is 1.83. The van der Waals surface area contributed by atoms with Crippen LogP contribution in [0, 0.1) is 5.92 Å². The van der Waals surface area contributed by atoms with Gasteiger partial charge in [0.2, 0.25) is 5.91 Å². The number of carbonyl (C=O) groups is 1. The monoisotopic (exact) mass is 331 g/mol. The molecule has 2 fully saturated rings. The minimum absolute atomic E-state index is 0.114. The second-order valence-corrected chi connectivity index (χ2v) is 6.64. The highest BCUT2D eigenvalue weighted by molar-refractivity contribution is 7.99. The van der Waals surface area contributed by atoms with Gasteiger partial charge in [-0.25, -0.2) is 4.98 Å². The summed E-state index contributed by atoms with van der Waals surface area (Å²) in [5.41, 5.74) is -0.896. The minimum atomic E-state index is -4.44. The first kappa shape index (κ1) is 15.5.